The molecule has 0 amide bonds. The van der Waals surface area contributed by atoms with E-state index < -0.39 is 0 Å². The fraction of sp³-hybridized carbons (Fsp3) is 0.625. The van der Waals surface area contributed by atoms with Crippen LogP contribution in [-0.4, -0.2) is 25.7 Å². The average molecular weight is 246 g/mol. The fourth-order valence-corrected chi connectivity index (χ4v) is 2.60. The van der Waals surface area contributed by atoms with E-state index in [0.29, 0.717) is 11.5 Å². The van der Waals surface area contributed by atoms with Gasteiger partial charge in [0.25, 0.3) is 0 Å². The van der Waals surface area contributed by atoms with Gasteiger partial charge in [0.1, 0.15) is 0 Å². The Labute approximate surface area is 111 Å². The van der Waals surface area contributed by atoms with Gasteiger partial charge >= 0.3 is 0 Å². The van der Waals surface area contributed by atoms with Crippen LogP contribution in [0.3, 0.4) is 0 Å². The second kappa shape index (κ2) is 4.93. The van der Waals surface area contributed by atoms with Crippen molar-refractivity contribution >= 4 is 5.69 Å². The van der Waals surface area contributed by atoms with Gasteiger partial charge in [-0.05, 0) is 49.4 Å². The minimum Gasteiger partial charge on any atom is -0.369 e. The van der Waals surface area contributed by atoms with Gasteiger partial charge in [0, 0.05) is 31.4 Å². The second-order valence-corrected chi connectivity index (χ2v) is 6.60. The quantitative estimate of drug-likeness (QED) is 0.819. The minimum atomic E-state index is 0.323. The number of nitrogens with one attached hydrogen (secondary N) is 1. The van der Waals surface area contributed by atoms with E-state index in [1.807, 2.05) is 0 Å². The smallest absolute Gasteiger partial charge is 0.0369 e. The van der Waals surface area contributed by atoms with Crippen LogP contribution >= 0.6 is 0 Å². The summed E-state index contributed by atoms with van der Waals surface area (Å²) < 4.78 is 0. The molecule has 1 fully saturated rings. The normalized spacial score (nSPS) is 23.8. The van der Waals surface area contributed by atoms with Crippen molar-refractivity contribution in [3.05, 3.63) is 29.3 Å². The molecule has 0 aromatic heterocycles. The highest BCUT2D eigenvalue weighted by Gasteiger charge is 2.27. The first-order valence-electron chi connectivity index (χ1n) is 6.93. The third-order valence-electron chi connectivity index (χ3n) is 3.90. The molecule has 0 aliphatic carbocycles. The van der Waals surface area contributed by atoms with Gasteiger partial charge in [0.05, 0.1) is 0 Å². The van der Waals surface area contributed by atoms with Crippen molar-refractivity contribution in [2.24, 2.45) is 5.41 Å². The Bertz CT molecular complexity index is 423. The van der Waals surface area contributed by atoms with Crippen LogP contribution in [0.2, 0.25) is 0 Å². The number of aryl methyl sites for hydroxylation is 2. The van der Waals surface area contributed by atoms with Crippen molar-refractivity contribution < 1.29 is 0 Å². The molecule has 0 radical (unpaired) electrons. The first-order chi connectivity index (χ1) is 8.37. The van der Waals surface area contributed by atoms with E-state index >= 15 is 0 Å². The fourth-order valence-electron chi connectivity index (χ4n) is 2.60. The van der Waals surface area contributed by atoms with E-state index in [2.05, 4.69) is 63.0 Å². The first-order valence-corrected chi connectivity index (χ1v) is 6.93. The Morgan fingerprint density at radius 1 is 1.22 bits per heavy atom. The number of anilines is 1. The van der Waals surface area contributed by atoms with Gasteiger partial charge in [-0.3, -0.25) is 0 Å². The lowest BCUT2D eigenvalue weighted by atomic mass is 9.93. The number of nitrogens with zero attached hydrogens (tertiary/aromatic N) is 1. The molecular weight excluding hydrogens is 220 g/mol. The molecule has 2 nitrogen and oxygen atoms in total. The van der Waals surface area contributed by atoms with Crippen LogP contribution in [0.15, 0.2) is 18.2 Å². The van der Waals surface area contributed by atoms with Crippen LogP contribution in [0, 0.1) is 19.3 Å². The molecule has 1 aromatic rings. The summed E-state index contributed by atoms with van der Waals surface area (Å²) in [6.45, 7) is 14.6. The van der Waals surface area contributed by atoms with Gasteiger partial charge in [0.15, 0.2) is 0 Å². The molecular formula is C16H26N2. The lowest BCUT2D eigenvalue weighted by Gasteiger charge is -2.31. The van der Waals surface area contributed by atoms with Crippen LogP contribution < -0.4 is 10.2 Å². The van der Waals surface area contributed by atoms with Crippen LogP contribution in [0.1, 0.15) is 31.9 Å². The zero-order valence-corrected chi connectivity index (χ0v) is 12.4. The minimum absolute atomic E-state index is 0.323. The Morgan fingerprint density at radius 2 is 1.94 bits per heavy atom. The highest BCUT2D eigenvalue weighted by molar-refractivity contribution is 5.51. The number of benzene rings is 1. The molecule has 1 aliphatic heterocycles. The molecule has 1 unspecified atom stereocenters. The number of rotatable bonds is 1. The molecule has 18 heavy (non-hydrogen) atoms. The molecule has 1 aliphatic rings. The van der Waals surface area contributed by atoms with E-state index in [9.17, 15) is 0 Å². The molecule has 0 spiro atoms. The van der Waals surface area contributed by atoms with Crippen LogP contribution in [0.5, 0.6) is 0 Å². The van der Waals surface area contributed by atoms with E-state index in [-0.39, 0.29) is 0 Å². The molecule has 0 saturated carbocycles. The molecule has 1 N–H and O–H groups in total. The summed E-state index contributed by atoms with van der Waals surface area (Å²) in [5, 5.41) is 3.62. The summed E-state index contributed by atoms with van der Waals surface area (Å²) in [5.74, 6) is 0. The average Bonchev–Trinajstić information content (AvgIpc) is 2.42. The molecule has 1 heterocycles. The SMILES string of the molecule is Cc1ccc(N2CC(C)NCC(C)(C)C2)cc1C. The van der Waals surface area contributed by atoms with Crippen molar-refractivity contribution in [1.29, 1.82) is 0 Å². The van der Waals surface area contributed by atoms with E-state index in [4.69, 9.17) is 0 Å². The lowest BCUT2D eigenvalue weighted by Crippen LogP contribution is -2.35. The van der Waals surface area contributed by atoms with Gasteiger partial charge in [-0.1, -0.05) is 19.9 Å². The van der Waals surface area contributed by atoms with Gasteiger partial charge in [-0.2, -0.15) is 0 Å². The third kappa shape index (κ3) is 3.05. The van der Waals surface area contributed by atoms with Crippen molar-refractivity contribution in [1.82, 2.24) is 5.32 Å². The maximum absolute atomic E-state index is 3.62. The highest BCUT2D eigenvalue weighted by Crippen LogP contribution is 2.26. The first kappa shape index (κ1) is 13.4. The van der Waals surface area contributed by atoms with Crippen molar-refractivity contribution in [2.45, 2.75) is 40.7 Å². The number of hydrogen-bond acceptors (Lipinski definition) is 2. The maximum Gasteiger partial charge on any atom is 0.0369 e. The Morgan fingerprint density at radius 3 is 2.61 bits per heavy atom. The maximum atomic E-state index is 3.62. The van der Waals surface area contributed by atoms with Crippen molar-refractivity contribution in [2.75, 3.05) is 24.5 Å². The molecule has 0 bridgehead atoms. The summed E-state index contributed by atoms with van der Waals surface area (Å²) in [4.78, 5) is 2.52. The van der Waals surface area contributed by atoms with Gasteiger partial charge in [0.2, 0.25) is 0 Å². The zero-order chi connectivity index (χ0) is 13.3. The predicted molar refractivity (Wildman–Crippen MR) is 79.4 cm³/mol. The van der Waals surface area contributed by atoms with E-state index in [0.717, 1.165) is 19.6 Å². The Balaban J connectivity index is 2.26. The summed E-state index contributed by atoms with van der Waals surface area (Å²) in [7, 11) is 0. The third-order valence-corrected chi connectivity index (χ3v) is 3.90. The van der Waals surface area contributed by atoms with Crippen LogP contribution in [0.4, 0.5) is 5.69 Å². The topological polar surface area (TPSA) is 15.3 Å². The second-order valence-electron chi connectivity index (χ2n) is 6.60. The highest BCUT2D eigenvalue weighted by atomic mass is 15.2. The van der Waals surface area contributed by atoms with Crippen LogP contribution in [-0.2, 0) is 0 Å². The standard InChI is InChI=1S/C16H26N2/c1-12-6-7-15(8-13(12)2)18-9-14(3)17-10-16(4,5)11-18/h6-8,14,17H,9-11H2,1-5H3. The molecule has 1 saturated heterocycles. The van der Waals surface area contributed by atoms with E-state index in [1.54, 1.807) is 0 Å². The van der Waals surface area contributed by atoms with Gasteiger partial charge in [-0.15, -0.1) is 0 Å². The van der Waals surface area contributed by atoms with Gasteiger partial charge in [-0.25, -0.2) is 0 Å². The molecule has 100 valence electrons. The van der Waals surface area contributed by atoms with Gasteiger partial charge < -0.3 is 10.2 Å². The summed E-state index contributed by atoms with van der Waals surface area (Å²) in [6.07, 6.45) is 0. The Hall–Kier alpha value is -1.02. The lowest BCUT2D eigenvalue weighted by molar-refractivity contribution is 0.362. The molecule has 1 aromatic carbocycles. The van der Waals surface area contributed by atoms with Crippen molar-refractivity contribution in [3.8, 4) is 0 Å². The molecule has 2 rings (SSSR count). The molecule has 1 atom stereocenters. The van der Waals surface area contributed by atoms with E-state index in [1.165, 1.54) is 16.8 Å². The predicted octanol–water partition coefficient (Wildman–Crippen LogP) is 3.13. The largest absolute Gasteiger partial charge is 0.369 e. The summed E-state index contributed by atoms with van der Waals surface area (Å²) in [6, 6.07) is 7.37. The van der Waals surface area contributed by atoms with Crippen LogP contribution in [0.25, 0.3) is 0 Å². The number of hydrogen-bond donors (Lipinski definition) is 1. The Kier molecular flexibility index (Phi) is 3.67. The summed E-state index contributed by atoms with van der Waals surface area (Å²) >= 11 is 0. The molecule has 2 heteroatoms. The summed E-state index contributed by atoms with van der Waals surface area (Å²) in [5.41, 5.74) is 4.44. The zero-order valence-electron chi connectivity index (χ0n) is 12.4. The van der Waals surface area contributed by atoms with Crippen molar-refractivity contribution in [3.63, 3.8) is 0 Å². The monoisotopic (exact) mass is 246 g/mol.